The van der Waals surface area contributed by atoms with Gasteiger partial charge in [0.25, 0.3) is 0 Å². The Morgan fingerprint density at radius 1 is 1.40 bits per heavy atom. The standard InChI is InChI=1S/C16H24O5S.2HI.V/c1-5-11(17)14-12(18)8-10(7-9(3)22-6-2)13(15(14)19)16(20)21-4;;;/h9-10,13,19H,5-8H2,1-4H3;2*1H;/q;;;+2/p-2. The van der Waals surface area contributed by atoms with E-state index in [2.05, 4.69) is 40.0 Å². The summed E-state index contributed by atoms with van der Waals surface area (Å²) in [5.74, 6) is -2.12. The zero-order valence-electron chi connectivity index (χ0n) is 14.8. The van der Waals surface area contributed by atoms with Crippen LogP contribution in [0.3, 0.4) is 0 Å². The van der Waals surface area contributed by atoms with Crippen LogP contribution in [0.4, 0.5) is 0 Å². The van der Waals surface area contributed by atoms with Crippen LogP contribution in [0.5, 0.6) is 0 Å². The summed E-state index contributed by atoms with van der Waals surface area (Å²) in [5.41, 5.74) is -0.218. The van der Waals surface area contributed by atoms with Crippen LogP contribution in [0.2, 0.25) is 0 Å². The number of ether oxygens (including phenoxy) is 1. The second kappa shape index (κ2) is 13.8. The van der Waals surface area contributed by atoms with E-state index >= 15 is 0 Å². The second-order valence-corrected chi connectivity index (χ2v) is 19.0. The molecule has 0 aromatic rings. The van der Waals surface area contributed by atoms with Crippen LogP contribution >= 0.6 is 51.7 Å². The van der Waals surface area contributed by atoms with E-state index in [1.807, 2.05) is 13.8 Å². The fraction of sp³-hybridized carbons (Fsp3) is 0.688. The van der Waals surface area contributed by atoms with Gasteiger partial charge in [0.2, 0.25) is 0 Å². The van der Waals surface area contributed by atoms with Crippen molar-refractivity contribution in [2.24, 2.45) is 11.8 Å². The van der Waals surface area contributed by atoms with Crippen molar-refractivity contribution < 1.29 is 33.7 Å². The number of allylic oxidation sites excluding steroid dienone is 1. The van der Waals surface area contributed by atoms with Crippen LogP contribution in [0, 0.1) is 11.8 Å². The Balaban J connectivity index is 0.00000178. The molecular weight excluding hydrogens is 609 g/mol. The Kier molecular flexibility index (Phi) is 14.3. The van der Waals surface area contributed by atoms with Crippen LogP contribution in [-0.4, -0.2) is 40.8 Å². The van der Waals surface area contributed by atoms with Crippen LogP contribution in [0.25, 0.3) is 0 Å². The van der Waals surface area contributed by atoms with Crippen molar-refractivity contribution in [1.29, 1.82) is 0 Å². The van der Waals surface area contributed by atoms with Gasteiger partial charge in [0.15, 0.2) is 11.6 Å². The third-order valence-corrected chi connectivity index (χ3v) is 4.98. The summed E-state index contributed by atoms with van der Waals surface area (Å²) < 4.78 is 4.77. The maximum absolute atomic E-state index is 12.2. The summed E-state index contributed by atoms with van der Waals surface area (Å²) in [6.07, 6.45) is 0.826. The number of halogens is 2. The summed E-state index contributed by atoms with van der Waals surface area (Å²) in [6, 6.07) is 0. The van der Waals surface area contributed by atoms with Crippen molar-refractivity contribution in [2.75, 3.05) is 12.9 Å². The third-order valence-electron chi connectivity index (χ3n) is 3.89. The molecule has 3 atom stereocenters. The molecule has 25 heavy (non-hydrogen) atoms. The molecule has 0 saturated carbocycles. The van der Waals surface area contributed by atoms with Crippen molar-refractivity contribution in [3.63, 3.8) is 0 Å². The molecule has 5 nitrogen and oxygen atoms in total. The molecule has 3 unspecified atom stereocenters. The van der Waals surface area contributed by atoms with Gasteiger partial charge in [-0.05, 0) is 18.1 Å². The number of thioether (sulfide) groups is 1. The van der Waals surface area contributed by atoms with Gasteiger partial charge in [-0.1, -0.05) is 20.8 Å². The monoisotopic (exact) mass is 633 g/mol. The van der Waals surface area contributed by atoms with Gasteiger partial charge in [0.05, 0.1) is 12.7 Å². The molecule has 1 aliphatic rings. The van der Waals surface area contributed by atoms with Crippen LogP contribution < -0.4 is 0 Å². The predicted molar refractivity (Wildman–Crippen MR) is 114 cm³/mol. The number of esters is 1. The molecule has 0 fully saturated rings. The predicted octanol–water partition coefficient (Wildman–Crippen LogP) is 4.46. The first-order valence-electron chi connectivity index (χ1n) is 7.89. The van der Waals surface area contributed by atoms with Gasteiger partial charge in [-0.3, -0.25) is 14.4 Å². The molecule has 0 aromatic heterocycles. The van der Waals surface area contributed by atoms with E-state index in [1.54, 1.807) is 18.7 Å². The number of hydrogen-bond acceptors (Lipinski definition) is 6. The molecule has 0 saturated heterocycles. The maximum atomic E-state index is 12.2. The minimum atomic E-state index is -0.923. The zero-order valence-corrected chi connectivity index (χ0v) is 21.3. The summed E-state index contributed by atoms with van der Waals surface area (Å²) in [6.45, 7) is 5.69. The summed E-state index contributed by atoms with van der Waals surface area (Å²) in [5, 5.41) is 10.6. The third kappa shape index (κ3) is 8.10. The second-order valence-electron chi connectivity index (χ2n) is 5.49. The number of carbonyl (C=O) groups excluding carboxylic acids is 3. The number of hydrogen-bond donors (Lipinski definition) is 1. The first-order chi connectivity index (χ1) is 11.8. The molecule has 0 amide bonds. The van der Waals surface area contributed by atoms with Gasteiger partial charge in [-0.25, -0.2) is 0 Å². The van der Waals surface area contributed by atoms with Crippen molar-refractivity contribution in [2.45, 2.75) is 45.3 Å². The molecule has 0 aliphatic heterocycles. The van der Waals surface area contributed by atoms with Crippen LogP contribution in [0.1, 0.15) is 40.0 Å². The van der Waals surface area contributed by atoms with E-state index in [9.17, 15) is 19.5 Å². The SMILES string of the molecule is CCSC(C)CC1CC(=O)C(C(=O)CC)=C(O)C1C(=O)OC.[I][V][I]. The average Bonchev–Trinajstić information content (AvgIpc) is 2.54. The number of aliphatic hydroxyl groups excluding tert-OH is 1. The first kappa shape index (κ1) is 25.7. The Morgan fingerprint density at radius 2 is 1.96 bits per heavy atom. The Bertz CT molecular complexity index is 513. The van der Waals surface area contributed by atoms with Crippen molar-refractivity contribution in [1.82, 2.24) is 0 Å². The molecule has 0 radical (unpaired) electrons. The van der Waals surface area contributed by atoms with Crippen molar-refractivity contribution in [3.8, 4) is 0 Å². The number of rotatable bonds is 7. The summed E-state index contributed by atoms with van der Waals surface area (Å²) in [4.78, 5) is 36.1. The summed E-state index contributed by atoms with van der Waals surface area (Å²) >= 11 is 6.47. The van der Waals surface area contributed by atoms with E-state index in [1.165, 1.54) is 7.11 Å². The Morgan fingerprint density at radius 3 is 2.40 bits per heavy atom. The summed E-state index contributed by atoms with van der Waals surface area (Å²) in [7, 11) is 1.87. The van der Waals surface area contributed by atoms with Crippen LogP contribution in [0.15, 0.2) is 11.3 Å². The van der Waals surface area contributed by atoms with E-state index < -0.39 is 23.4 Å². The molecule has 9 heteroatoms. The molecule has 143 valence electrons. The Labute approximate surface area is 182 Å². The normalized spacial score (nSPS) is 21.1. The molecule has 1 N–H and O–H groups in total. The average molecular weight is 633 g/mol. The van der Waals surface area contributed by atoms with Gasteiger partial charge in [0.1, 0.15) is 11.7 Å². The number of aliphatic hydroxyl groups is 1. The topological polar surface area (TPSA) is 80.7 Å². The first-order valence-corrected chi connectivity index (χ1v) is 18.0. The van der Waals surface area contributed by atoms with E-state index in [0.29, 0.717) is 15.9 Å². The van der Waals surface area contributed by atoms with Gasteiger partial charge < -0.3 is 9.84 Å². The van der Waals surface area contributed by atoms with E-state index in [-0.39, 0.29) is 35.4 Å². The number of ketones is 2. The number of carbonyl (C=O) groups is 3. The van der Waals surface area contributed by atoms with Crippen molar-refractivity contribution >= 4 is 69.3 Å². The fourth-order valence-electron chi connectivity index (χ4n) is 2.88. The Hall–Kier alpha value is 0.744. The molecule has 0 spiro atoms. The number of methoxy groups -OCH3 is 1. The quantitative estimate of drug-likeness (QED) is 0.254. The number of Topliss-reactive ketones (excluding diaryl/α,β-unsaturated/α-hetero) is 2. The molecule has 0 heterocycles. The van der Waals surface area contributed by atoms with Gasteiger partial charge in [-0.2, -0.15) is 11.8 Å². The molecule has 0 bridgehead atoms. The van der Waals surface area contributed by atoms with Gasteiger partial charge in [0, 0.05) is 18.1 Å². The van der Waals surface area contributed by atoms with E-state index in [4.69, 9.17) is 4.74 Å². The fourth-order valence-corrected chi connectivity index (χ4v) is 3.84. The van der Waals surface area contributed by atoms with Gasteiger partial charge >= 0.3 is 55.4 Å². The molecule has 0 aromatic carbocycles. The minimum absolute atomic E-state index is 0.0967. The van der Waals surface area contributed by atoms with Crippen molar-refractivity contribution in [3.05, 3.63) is 11.3 Å². The van der Waals surface area contributed by atoms with E-state index in [0.717, 1.165) is 5.75 Å². The molecule has 1 rings (SSSR count). The zero-order chi connectivity index (χ0) is 19.6. The van der Waals surface area contributed by atoms with Crippen LogP contribution in [-0.2, 0) is 28.6 Å². The molecule has 1 aliphatic carbocycles. The molecular formula is C16H24I2O5SV. The van der Waals surface area contributed by atoms with Gasteiger partial charge in [-0.15, -0.1) is 0 Å².